The molecule has 94 valence electrons. The Bertz CT molecular complexity index is 390. The van der Waals surface area contributed by atoms with Gasteiger partial charge in [0.2, 0.25) is 0 Å². The van der Waals surface area contributed by atoms with Crippen LogP contribution in [-0.2, 0) is 4.79 Å². The summed E-state index contributed by atoms with van der Waals surface area (Å²) in [5.74, 6) is 0.273. The first-order valence-electron chi connectivity index (χ1n) is 6.41. The van der Waals surface area contributed by atoms with Crippen LogP contribution in [0.2, 0.25) is 0 Å². The van der Waals surface area contributed by atoms with Crippen molar-refractivity contribution < 1.29 is 9.90 Å². The maximum Gasteiger partial charge on any atom is 0.186 e. The normalized spacial score (nSPS) is 40.2. The molecule has 2 nitrogen and oxygen atoms in total. The van der Waals surface area contributed by atoms with Gasteiger partial charge in [-0.05, 0) is 43.1 Å². The van der Waals surface area contributed by atoms with Crippen molar-refractivity contribution in [3.8, 4) is 0 Å². The van der Waals surface area contributed by atoms with Gasteiger partial charge in [0.25, 0.3) is 0 Å². The fourth-order valence-corrected chi connectivity index (χ4v) is 3.42. The lowest BCUT2D eigenvalue weighted by Crippen LogP contribution is -2.53. The zero-order valence-corrected chi connectivity index (χ0v) is 11.0. The lowest BCUT2D eigenvalue weighted by Gasteiger charge is -2.54. The van der Waals surface area contributed by atoms with Gasteiger partial charge in [-0.25, -0.2) is 0 Å². The third kappa shape index (κ3) is 1.99. The number of fused-ring (bicyclic) bond motifs is 1. The van der Waals surface area contributed by atoms with Gasteiger partial charge < -0.3 is 5.11 Å². The van der Waals surface area contributed by atoms with Gasteiger partial charge in [-0.15, -0.1) is 0 Å². The van der Waals surface area contributed by atoms with E-state index < -0.39 is 6.10 Å². The highest BCUT2D eigenvalue weighted by Gasteiger charge is 2.53. The van der Waals surface area contributed by atoms with Crippen molar-refractivity contribution in [2.24, 2.45) is 17.3 Å². The van der Waals surface area contributed by atoms with E-state index in [4.69, 9.17) is 0 Å². The molecule has 0 saturated heterocycles. The monoisotopic (exact) mass is 234 g/mol. The number of hydrogen-bond acceptors (Lipinski definition) is 2. The second kappa shape index (κ2) is 4.09. The van der Waals surface area contributed by atoms with Crippen molar-refractivity contribution >= 4 is 5.78 Å². The Kier molecular flexibility index (Phi) is 3.03. The van der Waals surface area contributed by atoms with E-state index in [2.05, 4.69) is 20.4 Å². The van der Waals surface area contributed by atoms with Gasteiger partial charge in [-0.3, -0.25) is 4.79 Å². The molecule has 0 spiro atoms. The van der Waals surface area contributed by atoms with Gasteiger partial charge in [-0.1, -0.05) is 32.1 Å². The second-order valence-electron chi connectivity index (χ2n) is 6.22. The minimum absolute atomic E-state index is 0.0453. The van der Waals surface area contributed by atoms with E-state index in [0.29, 0.717) is 11.5 Å². The number of hydrogen-bond donors (Lipinski definition) is 1. The molecule has 2 rings (SSSR count). The first kappa shape index (κ1) is 12.6. The molecule has 0 bridgehead atoms. The Morgan fingerprint density at radius 2 is 2.12 bits per heavy atom. The summed E-state index contributed by atoms with van der Waals surface area (Å²) >= 11 is 0. The van der Waals surface area contributed by atoms with E-state index in [1.54, 1.807) is 6.92 Å². The predicted octanol–water partition coefficient (Wildman–Crippen LogP) is 2.88. The number of allylic oxidation sites excluding steroid dienone is 2. The van der Waals surface area contributed by atoms with Crippen molar-refractivity contribution in [1.82, 2.24) is 0 Å². The second-order valence-corrected chi connectivity index (χ2v) is 6.22. The van der Waals surface area contributed by atoms with E-state index in [-0.39, 0.29) is 17.1 Å². The molecule has 3 atom stereocenters. The summed E-state index contributed by atoms with van der Waals surface area (Å²) in [6, 6.07) is 0. The molecule has 0 amide bonds. The number of carbonyl (C=O) groups excluding carboxylic acids is 1. The quantitative estimate of drug-likeness (QED) is 0.654. The van der Waals surface area contributed by atoms with Crippen LogP contribution in [0.1, 0.15) is 40.0 Å². The van der Waals surface area contributed by atoms with E-state index in [0.717, 1.165) is 19.3 Å². The standard InChI is InChI=1S/C15H22O2/c1-9-6-5-7-10(2)13(16)14(17)12-11(9)8-15(12,3)4/h7,11-12,14,17H,1,5-6,8H2,2-4H3/b10-7-. The minimum Gasteiger partial charge on any atom is -0.385 e. The van der Waals surface area contributed by atoms with E-state index >= 15 is 0 Å². The molecule has 17 heavy (non-hydrogen) atoms. The molecular formula is C15H22O2. The fourth-order valence-electron chi connectivity index (χ4n) is 3.42. The molecule has 0 aliphatic heterocycles. The molecule has 1 N–H and O–H groups in total. The van der Waals surface area contributed by atoms with Crippen LogP contribution in [0.3, 0.4) is 0 Å². The Labute approximate surface area is 103 Å². The predicted molar refractivity (Wildman–Crippen MR) is 68.5 cm³/mol. The zero-order chi connectivity index (χ0) is 12.8. The molecule has 0 aromatic heterocycles. The van der Waals surface area contributed by atoms with Gasteiger partial charge in [0.15, 0.2) is 5.78 Å². The lowest BCUT2D eigenvalue weighted by atomic mass is 9.51. The van der Waals surface area contributed by atoms with Crippen LogP contribution in [0.25, 0.3) is 0 Å². The van der Waals surface area contributed by atoms with Gasteiger partial charge in [0, 0.05) is 5.92 Å². The molecule has 0 heterocycles. The van der Waals surface area contributed by atoms with Crippen LogP contribution in [0.15, 0.2) is 23.8 Å². The Hall–Kier alpha value is -0.890. The summed E-state index contributed by atoms with van der Waals surface area (Å²) in [5.41, 5.74) is 1.95. The number of ketones is 1. The van der Waals surface area contributed by atoms with Gasteiger partial charge in [-0.2, -0.15) is 0 Å². The van der Waals surface area contributed by atoms with Gasteiger partial charge in [0.05, 0.1) is 0 Å². The maximum atomic E-state index is 12.1. The molecule has 0 aromatic carbocycles. The molecule has 2 aliphatic rings. The van der Waals surface area contributed by atoms with Crippen molar-refractivity contribution in [3.05, 3.63) is 23.8 Å². The number of rotatable bonds is 0. The number of aliphatic hydroxyl groups is 1. The average Bonchev–Trinajstić information content (AvgIpc) is 2.26. The Balaban J connectivity index is 2.33. The highest BCUT2D eigenvalue weighted by molar-refractivity contribution is 5.98. The highest BCUT2D eigenvalue weighted by atomic mass is 16.3. The van der Waals surface area contributed by atoms with Crippen LogP contribution >= 0.6 is 0 Å². The van der Waals surface area contributed by atoms with Crippen molar-refractivity contribution in [2.75, 3.05) is 0 Å². The third-order valence-corrected chi connectivity index (χ3v) is 4.52. The molecule has 0 radical (unpaired) electrons. The summed E-state index contributed by atoms with van der Waals surface area (Å²) in [4.78, 5) is 12.1. The smallest absolute Gasteiger partial charge is 0.186 e. The maximum absolute atomic E-state index is 12.1. The molecule has 2 heteroatoms. The van der Waals surface area contributed by atoms with E-state index in [1.165, 1.54) is 5.57 Å². The fraction of sp³-hybridized carbons (Fsp3) is 0.667. The summed E-state index contributed by atoms with van der Waals surface area (Å²) in [6.45, 7) is 10.2. The van der Waals surface area contributed by atoms with Crippen molar-refractivity contribution in [3.63, 3.8) is 0 Å². The topological polar surface area (TPSA) is 37.3 Å². The lowest BCUT2D eigenvalue weighted by molar-refractivity contribution is -0.139. The molecule has 2 aliphatic carbocycles. The van der Waals surface area contributed by atoms with Crippen LogP contribution in [0.4, 0.5) is 0 Å². The van der Waals surface area contributed by atoms with Crippen LogP contribution in [-0.4, -0.2) is 17.0 Å². The summed E-state index contributed by atoms with van der Waals surface area (Å²) in [7, 11) is 0. The van der Waals surface area contributed by atoms with E-state index in [9.17, 15) is 9.90 Å². The van der Waals surface area contributed by atoms with Crippen molar-refractivity contribution in [1.29, 1.82) is 0 Å². The summed E-state index contributed by atoms with van der Waals surface area (Å²) in [6.07, 6.45) is 3.94. The van der Waals surface area contributed by atoms with E-state index in [1.807, 2.05) is 6.08 Å². The minimum atomic E-state index is -0.852. The molecular weight excluding hydrogens is 212 g/mol. The third-order valence-electron chi connectivity index (χ3n) is 4.52. The summed E-state index contributed by atoms with van der Waals surface area (Å²) < 4.78 is 0. The average molecular weight is 234 g/mol. The largest absolute Gasteiger partial charge is 0.385 e. The van der Waals surface area contributed by atoms with Crippen molar-refractivity contribution in [2.45, 2.75) is 46.1 Å². The zero-order valence-electron chi connectivity index (χ0n) is 11.0. The summed E-state index contributed by atoms with van der Waals surface area (Å²) in [5, 5.41) is 10.3. The first-order chi connectivity index (χ1) is 7.84. The molecule has 1 saturated carbocycles. The van der Waals surface area contributed by atoms with Crippen LogP contribution < -0.4 is 0 Å². The molecule has 0 aromatic rings. The SMILES string of the molecule is C=C1CC/C=C(/C)C(=O)C(O)C2C1CC2(C)C. The highest BCUT2D eigenvalue weighted by Crippen LogP contribution is 2.56. The van der Waals surface area contributed by atoms with Crippen LogP contribution in [0, 0.1) is 17.3 Å². The number of Topliss-reactive ketones (excluding diaryl/α,β-unsaturated/α-hetero) is 1. The van der Waals surface area contributed by atoms with Gasteiger partial charge in [0.1, 0.15) is 6.10 Å². The molecule has 1 fully saturated rings. The molecule has 3 unspecified atom stereocenters. The van der Waals surface area contributed by atoms with Crippen LogP contribution in [0.5, 0.6) is 0 Å². The Morgan fingerprint density at radius 1 is 1.47 bits per heavy atom. The first-order valence-corrected chi connectivity index (χ1v) is 6.41. The number of carbonyl (C=O) groups is 1. The van der Waals surface area contributed by atoms with Gasteiger partial charge >= 0.3 is 0 Å². The number of aliphatic hydroxyl groups excluding tert-OH is 1. The Morgan fingerprint density at radius 3 is 2.71 bits per heavy atom.